The third-order valence-electron chi connectivity index (χ3n) is 4.67. The fourth-order valence-corrected chi connectivity index (χ4v) is 3.90. The zero-order valence-corrected chi connectivity index (χ0v) is 9.29. The van der Waals surface area contributed by atoms with E-state index >= 15 is 0 Å². The summed E-state index contributed by atoms with van der Waals surface area (Å²) in [7, 11) is 0. The van der Waals surface area contributed by atoms with Crippen LogP contribution >= 0.6 is 0 Å². The summed E-state index contributed by atoms with van der Waals surface area (Å²) < 4.78 is 0. The Hall–Kier alpha value is -1.31. The molecule has 2 fully saturated rings. The highest BCUT2D eigenvalue weighted by Crippen LogP contribution is 2.51. The van der Waals surface area contributed by atoms with E-state index in [1.165, 1.54) is 25.2 Å². The van der Waals surface area contributed by atoms with Gasteiger partial charge in [0.05, 0.1) is 11.9 Å². The average molecular weight is 212 g/mol. The largest absolute Gasteiger partial charge is 0.370 e. The molecule has 82 valence electrons. The lowest BCUT2D eigenvalue weighted by Gasteiger charge is -2.20. The van der Waals surface area contributed by atoms with Crippen molar-refractivity contribution in [3.05, 3.63) is 36.7 Å². The van der Waals surface area contributed by atoms with Gasteiger partial charge < -0.3 is 4.90 Å². The Balaban J connectivity index is 1.60. The van der Waals surface area contributed by atoms with Gasteiger partial charge in [-0.2, -0.15) is 0 Å². The van der Waals surface area contributed by atoms with Crippen molar-refractivity contribution in [3.8, 4) is 0 Å². The van der Waals surface area contributed by atoms with Crippen LogP contribution in [-0.2, 0) is 0 Å². The molecule has 2 aliphatic carbocycles. The molecule has 2 nitrogen and oxygen atoms in total. The minimum atomic E-state index is 0.872. The smallest absolute Gasteiger partial charge is 0.0552 e. The van der Waals surface area contributed by atoms with Gasteiger partial charge >= 0.3 is 0 Å². The van der Waals surface area contributed by atoms with Gasteiger partial charge in [-0.25, -0.2) is 0 Å². The lowest BCUT2D eigenvalue weighted by molar-refractivity contribution is 0.395. The number of rotatable bonds is 1. The molecular weight excluding hydrogens is 196 g/mol. The molecule has 4 unspecified atom stereocenters. The van der Waals surface area contributed by atoms with E-state index < -0.39 is 0 Å². The van der Waals surface area contributed by atoms with Crippen LogP contribution in [0.1, 0.15) is 6.42 Å². The van der Waals surface area contributed by atoms with Crippen molar-refractivity contribution in [3.63, 3.8) is 0 Å². The summed E-state index contributed by atoms with van der Waals surface area (Å²) in [6.45, 7) is 2.48. The van der Waals surface area contributed by atoms with Crippen LogP contribution in [0.15, 0.2) is 36.7 Å². The number of hydrogen-bond donors (Lipinski definition) is 0. The van der Waals surface area contributed by atoms with Crippen LogP contribution in [0.3, 0.4) is 0 Å². The van der Waals surface area contributed by atoms with E-state index in [1.807, 2.05) is 18.5 Å². The van der Waals surface area contributed by atoms with Gasteiger partial charge in [-0.3, -0.25) is 4.98 Å². The summed E-state index contributed by atoms with van der Waals surface area (Å²) in [5.74, 6) is 3.57. The van der Waals surface area contributed by atoms with Gasteiger partial charge in [0.15, 0.2) is 0 Å². The zero-order valence-electron chi connectivity index (χ0n) is 9.29. The Morgan fingerprint density at radius 3 is 2.50 bits per heavy atom. The molecule has 0 N–H and O–H groups in total. The molecule has 1 saturated heterocycles. The molecule has 0 radical (unpaired) electrons. The first-order chi connectivity index (χ1) is 7.92. The third kappa shape index (κ3) is 1.10. The van der Waals surface area contributed by atoms with Crippen molar-refractivity contribution in [1.29, 1.82) is 0 Å². The molecule has 1 aliphatic heterocycles. The zero-order chi connectivity index (χ0) is 10.5. The molecule has 2 heteroatoms. The van der Waals surface area contributed by atoms with Gasteiger partial charge in [0, 0.05) is 19.3 Å². The molecule has 3 aliphatic rings. The number of anilines is 1. The molecule has 1 aromatic heterocycles. The second-order valence-corrected chi connectivity index (χ2v) is 5.39. The number of hydrogen-bond acceptors (Lipinski definition) is 2. The second kappa shape index (κ2) is 3.09. The lowest BCUT2D eigenvalue weighted by Crippen LogP contribution is -2.22. The summed E-state index contributed by atoms with van der Waals surface area (Å²) in [6, 6.07) is 4.22. The Morgan fingerprint density at radius 2 is 1.88 bits per heavy atom. The predicted octanol–water partition coefficient (Wildman–Crippen LogP) is 2.34. The third-order valence-corrected chi connectivity index (χ3v) is 4.67. The van der Waals surface area contributed by atoms with E-state index in [4.69, 9.17) is 0 Å². The molecular formula is C14H16N2. The number of aromatic nitrogens is 1. The summed E-state index contributed by atoms with van der Waals surface area (Å²) in [6.07, 6.45) is 10.2. The fourth-order valence-electron chi connectivity index (χ4n) is 3.90. The maximum absolute atomic E-state index is 4.22. The number of fused-ring (bicyclic) bond motifs is 5. The molecule has 0 spiro atoms. The standard InChI is InChI=1S/C14H16N2/c1-2-12(7-15-5-1)16-8-13-10-3-4-11(6-10)14(13)9-16/h1-5,7,10-11,13-14H,6,8-9H2. The number of allylic oxidation sites excluding steroid dienone is 2. The monoisotopic (exact) mass is 212 g/mol. The van der Waals surface area contributed by atoms with Crippen molar-refractivity contribution in [2.24, 2.45) is 23.7 Å². The number of pyridine rings is 1. The molecule has 16 heavy (non-hydrogen) atoms. The molecule has 1 aromatic rings. The first-order valence-corrected chi connectivity index (χ1v) is 6.25. The summed E-state index contributed by atoms with van der Waals surface area (Å²) in [5.41, 5.74) is 1.30. The number of nitrogens with zero attached hydrogens (tertiary/aromatic N) is 2. The fraction of sp³-hybridized carbons (Fsp3) is 0.500. The Labute approximate surface area is 96.0 Å². The van der Waals surface area contributed by atoms with Crippen molar-refractivity contribution >= 4 is 5.69 Å². The van der Waals surface area contributed by atoms with Crippen LogP contribution in [0.4, 0.5) is 5.69 Å². The normalized spacial score (nSPS) is 39.4. The summed E-state index contributed by atoms with van der Waals surface area (Å²) in [4.78, 5) is 6.74. The lowest BCUT2D eigenvalue weighted by atomic mass is 9.86. The van der Waals surface area contributed by atoms with Crippen LogP contribution in [0.5, 0.6) is 0 Å². The van der Waals surface area contributed by atoms with E-state index in [9.17, 15) is 0 Å². The first-order valence-electron chi connectivity index (χ1n) is 6.25. The minimum Gasteiger partial charge on any atom is -0.370 e. The van der Waals surface area contributed by atoms with Gasteiger partial charge in [0.25, 0.3) is 0 Å². The van der Waals surface area contributed by atoms with Crippen molar-refractivity contribution < 1.29 is 0 Å². The topological polar surface area (TPSA) is 16.1 Å². The van der Waals surface area contributed by atoms with Crippen LogP contribution in [-0.4, -0.2) is 18.1 Å². The van der Waals surface area contributed by atoms with Crippen molar-refractivity contribution in [1.82, 2.24) is 4.98 Å². The summed E-state index contributed by atoms with van der Waals surface area (Å²) in [5, 5.41) is 0. The van der Waals surface area contributed by atoms with Gasteiger partial charge in [-0.15, -0.1) is 0 Å². The van der Waals surface area contributed by atoms with Crippen molar-refractivity contribution in [2.45, 2.75) is 6.42 Å². The minimum absolute atomic E-state index is 0.872. The highest BCUT2D eigenvalue weighted by Gasteiger charge is 2.49. The molecule has 2 heterocycles. The summed E-state index contributed by atoms with van der Waals surface area (Å²) >= 11 is 0. The van der Waals surface area contributed by atoms with Gasteiger partial charge in [-0.1, -0.05) is 12.2 Å². The van der Waals surface area contributed by atoms with E-state index in [1.54, 1.807) is 0 Å². The molecule has 4 rings (SSSR count). The molecule has 4 atom stereocenters. The second-order valence-electron chi connectivity index (χ2n) is 5.39. The highest BCUT2D eigenvalue weighted by molar-refractivity contribution is 5.46. The first kappa shape index (κ1) is 8.80. The van der Waals surface area contributed by atoms with E-state index in [2.05, 4.69) is 28.1 Å². The Bertz CT molecular complexity index is 406. The van der Waals surface area contributed by atoms with Gasteiger partial charge in [-0.05, 0) is 42.2 Å². The quantitative estimate of drug-likeness (QED) is 0.664. The van der Waals surface area contributed by atoms with E-state index in [-0.39, 0.29) is 0 Å². The van der Waals surface area contributed by atoms with E-state index in [0.717, 1.165) is 23.7 Å². The molecule has 2 bridgehead atoms. The maximum Gasteiger partial charge on any atom is 0.0552 e. The van der Waals surface area contributed by atoms with Crippen LogP contribution < -0.4 is 4.90 Å². The van der Waals surface area contributed by atoms with Gasteiger partial charge in [0.2, 0.25) is 0 Å². The molecule has 0 aromatic carbocycles. The average Bonchev–Trinajstić information content (AvgIpc) is 3.02. The highest BCUT2D eigenvalue weighted by atomic mass is 15.2. The van der Waals surface area contributed by atoms with Crippen LogP contribution in [0, 0.1) is 23.7 Å². The Morgan fingerprint density at radius 1 is 1.12 bits per heavy atom. The molecule has 1 saturated carbocycles. The van der Waals surface area contributed by atoms with Crippen LogP contribution in [0.25, 0.3) is 0 Å². The predicted molar refractivity (Wildman–Crippen MR) is 64.2 cm³/mol. The van der Waals surface area contributed by atoms with Crippen molar-refractivity contribution in [2.75, 3.05) is 18.0 Å². The van der Waals surface area contributed by atoms with Gasteiger partial charge in [0.1, 0.15) is 0 Å². The maximum atomic E-state index is 4.22. The molecule has 0 amide bonds. The SMILES string of the molecule is C1=CC2CC1C1CN(c3cccnc3)CC21. The van der Waals surface area contributed by atoms with E-state index in [0.29, 0.717) is 0 Å². The van der Waals surface area contributed by atoms with Crippen LogP contribution in [0.2, 0.25) is 0 Å². The Kier molecular flexibility index (Phi) is 1.70.